The standard InChI is InChI=1S/2C46H28N2O/c1-2-13-32(14-3-1)47-42-23-21-31(26-37(42)38-28-46-39(27-44(38)47)35-17-7-9-20-45(35)49-46)30-22-24-43-36(25-30)34-16-6-8-18-41(34)48(43)40-19-10-12-29-11-4-5-15-33(29)40;1-2-13-32(14-3-1)47-42-23-21-31(26-37(42)38-27-39-35-17-7-9-20-45(35)49-46(39)28-44(38)47)30-22-24-43-36(25-30)34-16-6-8-18-41(34)48(43)40-19-10-12-29-11-4-5-15-33(29)40/h2*1-28H. The van der Waals surface area contributed by atoms with Crippen molar-refractivity contribution in [2.45, 2.75) is 0 Å². The number of nitrogens with zero attached hydrogens (tertiary/aromatic N) is 4. The van der Waals surface area contributed by atoms with Crippen LogP contribution in [0.3, 0.4) is 0 Å². The number of benzene rings is 16. The second-order valence-corrected chi connectivity index (χ2v) is 25.9. The van der Waals surface area contributed by atoms with E-state index in [9.17, 15) is 0 Å². The van der Waals surface area contributed by atoms with Gasteiger partial charge < -0.3 is 27.1 Å². The van der Waals surface area contributed by atoms with Crippen molar-refractivity contribution in [2.75, 3.05) is 0 Å². The SMILES string of the molecule is c1ccc(-n2c3ccc(-c4ccc5c(c4)c4ccccc4n5-c4cccc5ccccc45)cc3c3cc4c(cc32)oc2ccccc24)cc1.c1ccc(-n2c3ccc(-c4ccc5c(c4)c4ccccc4n5-c4cccc5ccccc45)cc3c3cc4oc5ccccc5c4cc32)cc1. The normalized spacial score (nSPS) is 12.1. The molecule has 16 aromatic carbocycles. The van der Waals surface area contributed by atoms with Crippen molar-refractivity contribution in [2.24, 2.45) is 0 Å². The second-order valence-electron chi connectivity index (χ2n) is 25.9. The minimum absolute atomic E-state index is 0.905. The van der Waals surface area contributed by atoms with Crippen LogP contribution in [0.15, 0.2) is 349 Å². The van der Waals surface area contributed by atoms with Gasteiger partial charge in [0.1, 0.15) is 22.3 Å². The number of fused-ring (bicyclic) bond motifs is 20. The van der Waals surface area contributed by atoms with Crippen LogP contribution in [-0.2, 0) is 0 Å². The third kappa shape index (κ3) is 8.15. The van der Waals surface area contributed by atoms with E-state index in [1.807, 2.05) is 12.1 Å². The summed E-state index contributed by atoms with van der Waals surface area (Å²) in [5.74, 6) is 0. The topological polar surface area (TPSA) is 46.0 Å². The van der Waals surface area contributed by atoms with Gasteiger partial charge in [-0.2, -0.15) is 0 Å². The molecular weight excluding hydrogens is 1190 g/mol. The molecule has 0 spiro atoms. The minimum atomic E-state index is 0.905. The molecule has 22 rings (SSSR count). The molecule has 98 heavy (non-hydrogen) atoms. The lowest BCUT2D eigenvalue weighted by Gasteiger charge is -2.12. The van der Waals surface area contributed by atoms with Crippen LogP contribution in [0.5, 0.6) is 0 Å². The van der Waals surface area contributed by atoms with Crippen LogP contribution in [-0.4, -0.2) is 18.3 Å². The Kier molecular flexibility index (Phi) is 11.7. The predicted molar refractivity (Wildman–Crippen MR) is 411 cm³/mol. The van der Waals surface area contributed by atoms with Crippen molar-refractivity contribution in [1.82, 2.24) is 18.3 Å². The van der Waals surface area contributed by atoms with Gasteiger partial charge in [-0.25, -0.2) is 0 Å². The van der Waals surface area contributed by atoms with E-state index in [-0.39, 0.29) is 0 Å². The van der Waals surface area contributed by atoms with E-state index < -0.39 is 0 Å². The van der Waals surface area contributed by atoms with E-state index in [0.29, 0.717) is 0 Å². The van der Waals surface area contributed by atoms with Crippen molar-refractivity contribution in [3.05, 3.63) is 340 Å². The summed E-state index contributed by atoms with van der Waals surface area (Å²) in [5.41, 5.74) is 22.6. The number of hydrogen-bond acceptors (Lipinski definition) is 2. The first-order chi connectivity index (χ1) is 48.6. The van der Waals surface area contributed by atoms with E-state index in [0.717, 1.165) is 60.8 Å². The van der Waals surface area contributed by atoms with Gasteiger partial charge in [0.15, 0.2) is 0 Å². The largest absolute Gasteiger partial charge is 0.456 e. The van der Waals surface area contributed by atoms with Crippen LogP contribution in [0.25, 0.3) is 198 Å². The molecule has 0 aliphatic carbocycles. The molecule has 456 valence electrons. The van der Waals surface area contributed by atoms with Crippen LogP contribution in [0.2, 0.25) is 0 Å². The Morgan fingerprint density at radius 1 is 0.163 bits per heavy atom. The second kappa shape index (κ2) is 21.2. The molecule has 0 aliphatic rings. The van der Waals surface area contributed by atoms with Crippen molar-refractivity contribution < 1.29 is 8.83 Å². The molecule has 6 heteroatoms. The van der Waals surface area contributed by atoms with Crippen molar-refractivity contribution >= 4 is 153 Å². The minimum Gasteiger partial charge on any atom is -0.456 e. The lowest BCUT2D eigenvalue weighted by atomic mass is 10.00. The van der Waals surface area contributed by atoms with E-state index in [2.05, 4.69) is 346 Å². The maximum absolute atomic E-state index is 6.38. The molecule has 0 bridgehead atoms. The van der Waals surface area contributed by atoms with Crippen LogP contribution in [0.4, 0.5) is 0 Å². The van der Waals surface area contributed by atoms with Crippen molar-refractivity contribution in [1.29, 1.82) is 0 Å². The molecule has 0 saturated heterocycles. The lowest BCUT2D eigenvalue weighted by Crippen LogP contribution is -1.95. The highest BCUT2D eigenvalue weighted by atomic mass is 16.3. The van der Waals surface area contributed by atoms with Gasteiger partial charge in [-0.15, -0.1) is 0 Å². The zero-order chi connectivity index (χ0) is 64.1. The first-order valence-corrected chi connectivity index (χ1v) is 33.5. The average Bonchev–Trinajstić information content (AvgIpc) is 1.60. The van der Waals surface area contributed by atoms with E-state index in [1.165, 1.54) is 137 Å². The van der Waals surface area contributed by atoms with Gasteiger partial charge >= 0.3 is 0 Å². The molecule has 0 fully saturated rings. The van der Waals surface area contributed by atoms with Gasteiger partial charge in [0.25, 0.3) is 0 Å². The molecule has 0 saturated carbocycles. The Morgan fingerprint density at radius 2 is 0.490 bits per heavy atom. The molecule has 22 aromatic rings. The smallest absolute Gasteiger partial charge is 0.137 e. The molecule has 0 radical (unpaired) electrons. The molecular formula is C92H56N4O2. The molecule has 0 atom stereocenters. The Bertz CT molecular complexity index is 7030. The monoisotopic (exact) mass is 1250 g/mol. The zero-order valence-electron chi connectivity index (χ0n) is 52.9. The van der Waals surface area contributed by atoms with Crippen LogP contribution in [0, 0.1) is 0 Å². The predicted octanol–water partition coefficient (Wildman–Crippen LogP) is 25.2. The Labute approximate surface area is 561 Å². The molecule has 6 heterocycles. The van der Waals surface area contributed by atoms with Gasteiger partial charge in [0, 0.05) is 92.8 Å². The number of aromatic nitrogens is 4. The van der Waals surface area contributed by atoms with Crippen LogP contribution in [0.1, 0.15) is 0 Å². The lowest BCUT2D eigenvalue weighted by molar-refractivity contribution is 0.669. The Balaban J connectivity index is 0.000000129. The number of furan rings is 2. The summed E-state index contributed by atoms with van der Waals surface area (Å²) in [7, 11) is 0. The third-order valence-electron chi connectivity index (χ3n) is 20.6. The quantitative estimate of drug-likeness (QED) is 0.167. The fraction of sp³-hybridized carbons (Fsp3) is 0. The first kappa shape index (κ1) is 54.3. The fourth-order valence-corrected chi connectivity index (χ4v) is 16.2. The maximum Gasteiger partial charge on any atom is 0.137 e. The van der Waals surface area contributed by atoms with Gasteiger partial charge in [-0.05, 0) is 160 Å². The molecule has 0 N–H and O–H groups in total. The highest BCUT2D eigenvalue weighted by molar-refractivity contribution is 6.21. The van der Waals surface area contributed by atoms with Gasteiger partial charge in [0.2, 0.25) is 0 Å². The van der Waals surface area contributed by atoms with Gasteiger partial charge in [-0.1, -0.05) is 206 Å². The summed E-state index contributed by atoms with van der Waals surface area (Å²) in [6.45, 7) is 0. The van der Waals surface area contributed by atoms with Crippen molar-refractivity contribution in [3.63, 3.8) is 0 Å². The molecule has 6 nitrogen and oxygen atoms in total. The van der Waals surface area contributed by atoms with Gasteiger partial charge in [0.05, 0.1) is 55.5 Å². The van der Waals surface area contributed by atoms with Crippen LogP contribution < -0.4 is 0 Å². The van der Waals surface area contributed by atoms with E-state index in [1.54, 1.807) is 0 Å². The summed E-state index contributed by atoms with van der Waals surface area (Å²) in [4.78, 5) is 0. The molecule has 0 unspecified atom stereocenters. The summed E-state index contributed by atoms with van der Waals surface area (Å²) in [6.07, 6.45) is 0. The van der Waals surface area contributed by atoms with Crippen molar-refractivity contribution in [3.8, 4) is 45.0 Å². The first-order valence-electron chi connectivity index (χ1n) is 33.5. The third-order valence-corrected chi connectivity index (χ3v) is 20.6. The number of para-hydroxylation sites is 6. The number of rotatable bonds is 6. The zero-order valence-corrected chi connectivity index (χ0v) is 52.9. The average molecular weight is 1250 g/mol. The molecule has 0 aliphatic heterocycles. The highest BCUT2D eigenvalue weighted by Crippen LogP contribution is 2.45. The van der Waals surface area contributed by atoms with Gasteiger partial charge in [-0.3, -0.25) is 0 Å². The summed E-state index contributed by atoms with van der Waals surface area (Å²) >= 11 is 0. The molecule has 6 aromatic heterocycles. The summed E-state index contributed by atoms with van der Waals surface area (Å²) < 4.78 is 22.3. The van der Waals surface area contributed by atoms with E-state index >= 15 is 0 Å². The highest BCUT2D eigenvalue weighted by Gasteiger charge is 2.22. The summed E-state index contributed by atoms with van der Waals surface area (Å²) in [6, 6.07) is 123. The van der Waals surface area contributed by atoms with Crippen LogP contribution >= 0.6 is 0 Å². The Hall–Kier alpha value is -13.2. The van der Waals surface area contributed by atoms with E-state index in [4.69, 9.17) is 8.83 Å². The maximum atomic E-state index is 6.38. The number of hydrogen-bond donors (Lipinski definition) is 0. The fourth-order valence-electron chi connectivity index (χ4n) is 16.2. The summed E-state index contributed by atoms with van der Waals surface area (Å²) in [5, 5.41) is 19.4. The molecule has 0 amide bonds. The Morgan fingerprint density at radius 3 is 0.969 bits per heavy atom.